The number of hydrogen-bond acceptors (Lipinski definition) is 3. The minimum absolute atomic E-state index is 0.0369. The molecule has 1 aromatic rings. The average Bonchev–Trinajstić information content (AvgIpc) is 2.18. The first-order chi connectivity index (χ1) is 7.02. The Balaban J connectivity index is 2.84. The first-order valence-corrected chi connectivity index (χ1v) is 6.09. The molecule has 0 spiro atoms. The van der Waals surface area contributed by atoms with Gasteiger partial charge in [0.2, 0.25) is 0 Å². The molecule has 0 aromatic heterocycles. The Morgan fingerprint density at radius 3 is 2.33 bits per heavy atom. The molecule has 0 saturated carbocycles. The summed E-state index contributed by atoms with van der Waals surface area (Å²) in [5.74, 6) is 0. The summed E-state index contributed by atoms with van der Waals surface area (Å²) >= 11 is 1.68. The third kappa shape index (κ3) is 3.52. The first kappa shape index (κ1) is 12.6. The highest BCUT2D eigenvalue weighted by Crippen LogP contribution is 2.30. The zero-order chi connectivity index (χ0) is 11.4. The standard InChI is InChI=1S/C12H19NOS/c1-8(13)11-6-4-5-7-12(11)15-10(3)9(2)14/h4-10,14H,13H2,1-3H3. The Hall–Kier alpha value is -0.510. The van der Waals surface area contributed by atoms with E-state index in [1.165, 1.54) is 4.90 Å². The summed E-state index contributed by atoms with van der Waals surface area (Å²) in [4.78, 5) is 1.17. The van der Waals surface area contributed by atoms with Crippen molar-refractivity contribution in [2.45, 2.75) is 43.1 Å². The maximum Gasteiger partial charge on any atom is 0.0631 e. The van der Waals surface area contributed by atoms with Crippen LogP contribution in [0.5, 0.6) is 0 Å². The second kappa shape index (κ2) is 5.54. The van der Waals surface area contributed by atoms with Gasteiger partial charge >= 0.3 is 0 Å². The predicted molar refractivity (Wildman–Crippen MR) is 66.0 cm³/mol. The quantitative estimate of drug-likeness (QED) is 0.774. The molecule has 3 atom stereocenters. The molecule has 0 aliphatic rings. The number of aliphatic hydroxyl groups excluding tert-OH is 1. The van der Waals surface area contributed by atoms with Crippen molar-refractivity contribution in [3.05, 3.63) is 29.8 Å². The zero-order valence-corrected chi connectivity index (χ0v) is 10.3. The number of nitrogens with two attached hydrogens (primary N) is 1. The van der Waals surface area contributed by atoms with E-state index < -0.39 is 0 Å². The molecular weight excluding hydrogens is 206 g/mol. The lowest BCUT2D eigenvalue weighted by Gasteiger charge is -2.18. The molecule has 0 saturated heterocycles. The van der Waals surface area contributed by atoms with Crippen LogP contribution in [-0.2, 0) is 0 Å². The topological polar surface area (TPSA) is 46.2 Å². The highest BCUT2D eigenvalue weighted by atomic mass is 32.2. The lowest BCUT2D eigenvalue weighted by atomic mass is 10.1. The summed E-state index contributed by atoms with van der Waals surface area (Å²) in [6, 6.07) is 8.14. The van der Waals surface area contributed by atoms with Gasteiger partial charge in [0.05, 0.1) is 6.10 Å². The molecular formula is C12H19NOS. The number of benzene rings is 1. The molecule has 1 aromatic carbocycles. The van der Waals surface area contributed by atoms with Crippen LogP contribution in [0.4, 0.5) is 0 Å². The van der Waals surface area contributed by atoms with Gasteiger partial charge in [-0.25, -0.2) is 0 Å². The molecule has 0 aliphatic heterocycles. The molecule has 0 heterocycles. The second-order valence-corrected chi connectivity index (χ2v) is 5.31. The molecule has 0 amide bonds. The van der Waals surface area contributed by atoms with E-state index in [1.807, 2.05) is 39.0 Å². The van der Waals surface area contributed by atoms with Gasteiger partial charge in [-0.05, 0) is 25.5 Å². The fraction of sp³-hybridized carbons (Fsp3) is 0.500. The van der Waals surface area contributed by atoms with Crippen LogP contribution in [0.15, 0.2) is 29.2 Å². The summed E-state index contributed by atoms with van der Waals surface area (Å²) in [5.41, 5.74) is 7.04. The molecule has 0 bridgehead atoms. The van der Waals surface area contributed by atoms with Crippen LogP contribution in [0.25, 0.3) is 0 Å². The lowest BCUT2D eigenvalue weighted by Crippen LogP contribution is -2.16. The molecule has 0 fully saturated rings. The molecule has 1 rings (SSSR count). The van der Waals surface area contributed by atoms with E-state index in [0.29, 0.717) is 0 Å². The SMILES string of the molecule is CC(N)c1ccccc1SC(C)C(C)O. The molecule has 2 nitrogen and oxygen atoms in total. The minimum Gasteiger partial charge on any atom is -0.392 e. The van der Waals surface area contributed by atoms with E-state index in [2.05, 4.69) is 6.07 Å². The van der Waals surface area contributed by atoms with Crippen LogP contribution in [-0.4, -0.2) is 16.5 Å². The van der Waals surface area contributed by atoms with Gasteiger partial charge < -0.3 is 10.8 Å². The van der Waals surface area contributed by atoms with E-state index in [-0.39, 0.29) is 17.4 Å². The van der Waals surface area contributed by atoms with Crippen molar-refractivity contribution in [1.82, 2.24) is 0 Å². The third-order valence-electron chi connectivity index (χ3n) is 2.40. The fourth-order valence-corrected chi connectivity index (χ4v) is 2.41. The first-order valence-electron chi connectivity index (χ1n) is 5.21. The number of rotatable bonds is 4. The Morgan fingerprint density at radius 1 is 1.20 bits per heavy atom. The van der Waals surface area contributed by atoms with Gasteiger partial charge in [-0.2, -0.15) is 0 Å². The van der Waals surface area contributed by atoms with Gasteiger partial charge in [0.15, 0.2) is 0 Å². The largest absolute Gasteiger partial charge is 0.392 e. The summed E-state index contributed by atoms with van der Waals surface area (Å²) in [6.45, 7) is 5.81. The zero-order valence-electron chi connectivity index (χ0n) is 9.47. The smallest absolute Gasteiger partial charge is 0.0631 e. The van der Waals surface area contributed by atoms with Gasteiger partial charge in [-0.1, -0.05) is 25.1 Å². The van der Waals surface area contributed by atoms with Gasteiger partial charge in [0.25, 0.3) is 0 Å². The molecule has 3 N–H and O–H groups in total. The van der Waals surface area contributed by atoms with Crippen molar-refractivity contribution in [3.8, 4) is 0 Å². The van der Waals surface area contributed by atoms with Crippen molar-refractivity contribution < 1.29 is 5.11 Å². The Morgan fingerprint density at radius 2 is 1.80 bits per heavy atom. The monoisotopic (exact) mass is 225 g/mol. The van der Waals surface area contributed by atoms with Gasteiger partial charge in [0, 0.05) is 16.2 Å². The van der Waals surface area contributed by atoms with E-state index in [9.17, 15) is 5.11 Å². The Kier molecular flexibility index (Phi) is 4.64. The molecule has 84 valence electrons. The van der Waals surface area contributed by atoms with Gasteiger partial charge in [-0.3, -0.25) is 0 Å². The molecule has 0 radical (unpaired) electrons. The molecule has 0 aliphatic carbocycles. The van der Waals surface area contributed by atoms with E-state index >= 15 is 0 Å². The Labute approximate surface area is 95.9 Å². The van der Waals surface area contributed by atoms with Crippen LogP contribution < -0.4 is 5.73 Å². The second-order valence-electron chi connectivity index (χ2n) is 3.89. The highest BCUT2D eigenvalue weighted by molar-refractivity contribution is 8.00. The summed E-state index contributed by atoms with van der Waals surface area (Å²) in [7, 11) is 0. The van der Waals surface area contributed by atoms with Crippen molar-refractivity contribution in [3.63, 3.8) is 0 Å². The number of aliphatic hydroxyl groups is 1. The normalized spacial score (nSPS) is 17.1. The van der Waals surface area contributed by atoms with E-state index in [1.54, 1.807) is 11.8 Å². The van der Waals surface area contributed by atoms with Crippen molar-refractivity contribution >= 4 is 11.8 Å². The molecule has 3 heteroatoms. The minimum atomic E-state index is -0.309. The third-order valence-corrected chi connectivity index (χ3v) is 3.79. The Bertz CT molecular complexity index is 312. The lowest BCUT2D eigenvalue weighted by molar-refractivity contribution is 0.196. The van der Waals surface area contributed by atoms with Gasteiger partial charge in [-0.15, -0.1) is 11.8 Å². The predicted octanol–water partition coefficient (Wildman–Crippen LogP) is 2.57. The van der Waals surface area contributed by atoms with Crippen LogP contribution in [0.1, 0.15) is 32.4 Å². The maximum absolute atomic E-state index is 9.46. The van der Waals surface area contributed by atoms with Crippen molar-refractivity contribution in [2.75, 3.05) is 0 Å². The summed E-state index contributed by atoms with van der Waals surface area (Å²) in [6.07, 6.45) is -0.309. The van der Waals surface area contributed by atoms with Crippen LogP contribution in [0.3, 0.4) is 0 Å². The van der Waals surface area contributed by atoms with E-state index in [4.69, 9.17) is 5.73 Å². The fourth-order valence-electron chi connectivity index (χ4n) is 1.26. The van der Waals surface area contributed by atoms with Crippen molar-refractivity contribution in [2.24, 2.45) is 5.73 Å². The maximum atomic E-state index is 9.46. The molecule has 3 unspecified atom stereocenters. The van der Waals surface area contributed by atoms with Gasteiger partial charge in [0.1, 0.15) is 0 Å². The van der Waals surface area contributed by atoms with Crippen molar-refractivity contribution in [1.29, 1.82) is 0 Å². The van der Waals surface area contributed by atoms with E-state index in [0.717, 1.165) is 5.56 Å². The number of thioether (sulfide) groups is 1. The highest BCUT2D eigenvalue weighted by Gasteiger charge is 2.13. The average molecular weight is 225 g/mol. The van der Waals surface area contributed by atoms with Crippen LogP contribution >= 0.6 is 11.8 Å². The number of hydrogen-bond donors (Lipinski definition) is 2. The van der Waals surface area contributed by atoms with Crippen LogP contribution in [0.2, 0.25) is 0 Å². The summed E-state index contributed by atoms with van der Waals surface area (Å²) < 4.78 is 0. The summed E-state index contributed by atoms with van der Waals surface area (Å²) in [5, 5.41) is 9.64. The molecule has 15 heavy (non-hydrogen) atoms. The van der Waals surface area contributed by atoms with Crippen LogP contribution in [0, 0.1) is 0 Å².